The van der Waals surface area contributed by atoms with E-state index >= 15 is 0 Å². The van der Waals surface area contributed by atoms with Crippen LogP contribution in [0.5, 0.6) is 0 Å². The number of anilines is 2. The number of halogens is 1. The fourth-order valence-corrected chi connectivity index (χ4v) is 4.35. The summed E-state index contributed by atoms with van der Waals surface area (Å²) in [6, 6.07) is 21.5. The minimum absolute atomic E-state index is 0.171. The van der Waals surface area contributed by atoms with Crippen LogP contribution in [0.25, 0.3) is 11.3 Å². The van der Waals surface area contributed by atoms with Crippen molar-refractivity contribution in [3.05, 3.63) is 93.5 Å². The van der Waals surface area contributed by atoms with E-state index in [1.807, 2.05) is 80.6 Å². The first kappa shape index (κ1) is 24.7. The van der Waals surface area contributed by atoms with Crippen molar-refractivity contribution in [3.8, 4) is 0 Å². The summed E-state index contributed by atoms with van der Waals surface area (Å²) < 4.78 is 5.63. The minimum Gasteiger partial charge on any atom is -0.469 e. The number of methoxy groups -OCH3 is 1. The number of hydrogen-bond donors (Lipinski definition) is 3. The van der Waals surface area contributed by atoms with Crippen LogP contribution in [0.4, 0.5) is 11.4 Å². The van der Waals surface area contributed by atoms with Gasteiger partial charge in [-0.25, -0.2) is 0 Å². The van der Waals surface area contributed by atoms with E-state index in [1.54, 1.807) is 0 Å². The largest absolute Gasteiger partial charge is 0.469 e. The number of benzene rings is 3. The zero-order valence-corrected chi connectivity index (χ0v) is 21.5. The molecule has 1 heterocycles. The van der Waals surface area contributed by atoms with Gasteiger partial charge in [-0.05, 0) is 61.2 Å². The fourth-order valence-electron chi connectivity index (χ4n) is 3.99. The van der Waals surface area contributed by atoms with Gasteiger partial charge in [0.25, 0.3) is 5.91 Å². The predicted octanol–water partition coefficient (Wildman–Crippen LogP) is 5.68. The Kier molecular flexibility index (Phi) is 7.10. The van der Waals surface area contributed by atoms with Gasteiger partial charge in [-0.2, -0.15) is 0 Å². The molecule has 0 fully saturated rings. The molecular formula is C28H28BrN3O3. The van der Waals surface area contributed by atoms with Crippen molar-refractivity contribution in [1.82, 2.24) is 0 Å². The molecule has 0 saturated carbocycles. The van der Waals surface area contributed by atoms with Crippen LogP contribution in [0.15, 0.2) is 71.2 Å². The van der Waals surface area contributed by atoms with E-state index in [-0.39, 0.29) is 11.9 Å². The number of ether oxygens (including phenoxy) is 1. The highest BCUT2D eigenvalue weighted by Gasteiger charge is 2.28. The third-order valence-corrected chi connectivity index (χ3v) is 6.46. The first-order chi connectivity index (χ1) is 16.7. The van der Waals surface area contributed by atoms with E-state index in [1.165, 1.54) is 7.11 Å². The van der Waals surface area contributed by atoms with Crippen LogP contribution in [-0.4, -0.2) is 19.0 Å². The molecule has 4 N–H and O–H groups in total. The molecule has 180 valence electrons. The Balaban J connectivity index is 1.75. The first-order valence-electron chi connectivity index (χ1n) is 11.3. The van der Waals surface area contributed by atoms with Crippen molar-refractivity contribution >= 4 is 50.5 Å². The van der Waals surface area contributed by atoms with Gasteiger partial charge in [-0.15, -0.1) is 0 Å². The minimum atomic E-state index is -0.447. The Morgan fingerprint density at radius 3 is 2.37 bits per heavy atom. The number of esters is 1. The van der Waals surface area contributed by atoms with E-state index in [0.717, 1.165) is 38.1 Å². The second-order valence-electron chi connectivity index (χ2n) is 9.09. The van der Waals surface area contributed by atoms with Gasteiger partial charge < -0.3 is 21.1 Å². The highest BCUT2D eigenvalue weighted by molar-refractivity contribution is 9.10. The Morgan fingerprint density at radius 1 is 1.06 bits per heavy atom. The molecule has 0 aliphatic carbocycles. The first-order valence-corrected chi connectivity index (χ1v) is 12.1. The molecule has 0 saturated heterocycles. The van der Waals surface area contributed by atoms with Crippen LogP contribution in [0.1, 0.15) is 42.5 Å². The SMILES string of the molecule is COC(=O)CCc1ccc(/C(Nc2ccc(C(C)(C)N)cc2)=C2/C(=O)Nc3cc(Br)ccc32)cc1. The number of fused-ring (bicyclic) bond motifs is 1. The van der Waals surface area contributed by atoms with Crippen molar-refractivity contribution in [2.45, 2.75) is 32.2 Å². The Bertz CT molecular complexity index is 1290. The second-order valence-corrected chi connectivity index (χ2v) is 10.0. The summed E-state index contributed by atoms with van der Waals surface area (Å²) in [6.45, 7) is 3.92. The number of hydrogen-bond acceptors (Lipinski definition) is 5. The summed E-state index contributed by atoms with van der Waals surface area (Å²) >= 11 is 3.48. The lowest BCUT2D eigenvalue weighted by Gasteiger charge is -2.20. The van der Waals surface area contributed by atoms with Crippen LogP contribution in [-0.2, 0) is 26.3 Å². The standard InChI is InChI=1S/C28H28BrN3O3/c1-28(2,30)19-9-12-21(13-10-19)31-26(18-7-4-17(5-8-18)6-15-24(33)35-3)25-22-14-11-20(29)16-23(22)32-27(25)34/h4-5,7-14,16,31H,6,15,30H2,1-3H3,(H,32,34)/b26-25-. The predicted molar refractivity (Wildman–Crippen MR) is 144 cm³/mol. The molecular weight excluding hydrogens is 506 g/mol. The van der Waals surface area contributed by atoms with Gasteiger partial charge in [0.1, 0.15) is 0 Å². The highest BCUT2D eigenvalue weighted by atomic mass is 79.9. The summed E-state index contributed by atoms with van der Waals surface area (Å²) in [7, 11) is 1.39. The molecule has 4 rings (SSSR count). The molecule has 3 aromatic rings. The molecule has 0 bridgehead atoms. The molecule has 0 atom stereocenters. The third kappa shape index (κ3) is 5.63. The van der Waals surface area contributed by atoms with Gasteiger partial charge in [0.2, 0.25) is 0 Å². The zero-order chi connectivity index (χ0) is 25.2. The van der Waals surface area contributed by atoms with Crippen molar-refractivity contribution in [3.63, 3.8) is 0 Å². The van der Waals surface area contributed by atoms with E-state index in [4.69, 9.17) is 10.5 Å². The third-order valence-electron chi connectivity index (χ3n) is 5.96. The fraction of sp³-hybridized carbons (Fsp3) is 0.214. The van der Waals surface area contributed by atoms with E-state index in [2.05, 4.69) is 26.6 Å². The summed E-state index contributed by atoms with van der Waals surface area (Å²) in [5, 5.41) is 6.44. The van der Waals surface area contributed by atoms with Crippen LogP contribution < -0.4 is 16.4 Å². The Hall–Kier alpha value is -3.42. The average molecular weight is 534 g/mol. The van der Waals surface area contributed by atoms with Crippen LogP contribution in [0.2, 0.25) is 0 Å². The molecule has 0 spiro atoms. The highest BCUT2D eigenvalue weighted by Crippen LogP contribution is 2.39. The number of aryl methyl sites for hydroxylation is 1. The van der Waals surface area contributed by atoms with Gasteiger partial charge in [-0.1, -0.05) is 58.4 Å². The summed E-state index contributed by atoms with van der Waals surface area (Å²) in [5.41, 5.74) is 12.4. The van der Waals surface area contributed by atoms with Crippen molar-refractivity contribution in [2.24, 2.45) is 5.73 Å². The molecule has 6 nitrogen and oxygen atoms in total. The van der Waals surface area contributed by atoms with Gasteiger partial charge in [0.15, 0.2) is 0 Å². The number of rotatable bonds is 7. The number of nitrogens with two attached hydrogens (primary N) is 1. The number of carbonyl (C=O) groups is 2. The van der Waals surface area contributed by atoms with Crippen molar-refractivity contribution in [1.29, 1.82) is 0 Å². The molecule has 0 unspecified atom stereocenters. The molecule has 0 aromatic heterocycles. The van der Waals surface area contributed by atoms with E-state index < -0.39 is 5.54 Å². The smallest absolute Gasteiger partial charge is 0.305 e. The topological polar surface area (TPSA) is 93.4 Å². The number of nitrogens with one attached hydrogen (secondary N) is 2. The monoisotopic (exact) mass is 533 g/mol. The maximum Gasteiger partial charge on any atom is 0.305 e. The molecule has 3 aromatic carbocycles. The lowest BCUT2D eigenvalue weighted by Crippen LogP contribution is -2.28. The second kappa shape index (κ2) is 10.1. The lowest BCUT2D eigenvalue weighted by molar-refractivity contribution is -0.140. The maximum atomic E-state index is 13.1. The summed E-state index contributed by atoms with van der Waals surface area (Å²) in [4.78, 5) is 24.6. The molecule has 1 aliphatic rings. The number of carbonyl (C=O) groups excluding carboxylic acids is 2. The van der Waals surface area contributed by atoms with Crippen molar-refractivity contribution in [2.75, 3.05) is 17.7 Å². The summed E-state index contributed by atoms with van der Waals surface area (Å²) in [6.07, 6.45) is 0.899. The number of amides is 1. The van der Waals surface area contributed by atoms with E-state index in [0.29, 0.717) is 24.1 Å². The van der Waals surface area contributed by atoms with Crippen LogP contribution in [0.3, 0.4) is 0 Å². The zero-order valence-electron chi connectivity index (χ0n) is 19.9. The quantitative estimate of drug-likeness (QED) is 0.268. The average Bonchev–Trinajstić information content (AvgIpc) is 3.15. The van der Waals surface area contributed by atoms with Crippen LogP contribution >= 0.6 is 15.9 Å². The van der Waals surface area contributed by atoms with Gasteiger partial charge in [0, 0.05) is 27.7 Å². The lowest BCUT2D eigenvalue weighted by atomic mass is 9.95. The normalized spacial score (nSPS) is 14.3. The van der Waals surface area contributed by atoms with Crippen LogP contribution in [0, 0.1) is 0 Å². The van der Waals surface area contributed by atoms with Gasteiger partial charge in [0.05, 0.1) is 24.1 Å². The molecule has 0 radical (unpaired) electrons. The molecule has 1 aliphatic heterocycles. The Labute approximate surface area is 213 Å². The van der Waals surface area contributed by atoms with Crippen molar-refractivity contribution < 1.29 is 14.3 Å². The summed E-state index contributed by atoms with van der Waals surface area (Å²) in [5.74, 6) is -0.414. The van der Waals surface area contributed by atoms with Gasteiger partial charge in [-0.3, -0.25) is 9.59 Å². The Morgan fingerprint density at radius 2 is 1.74 bits per heavy atom. The molecule has 35 heavy (non-hydrogen) atoms. The maximum absolute atomic E-state index is 13.1. The molecule has 7 heteroatoms. The molecule has 1 amide bonds. The van der Waals surface area contributed by atoms with Gasteiger partial charge >= 0.3 is 5.97 Å². The van der Waals surface area contributed by atoms with E-state index in [9.17, 15) is 9.59 Å².